The first-order valence-corrected chi connectivity index (χ1v) is 6.32. The minimum atomic E-state index is -1.07. The van der Waals surface area contributed by atoms with Crippen LogP contribution in [-0.2, 0) is 20.6 Å². The van der Waals surface area contributed by atoms with E-state index >= 15 is 0 Å². The van der Waals surface area contributed by atoms with Crippen LogP contribution in [0.1, 0.15) is 26.3 Å². The predicted molar refractivity (Wildman–Crippen MR) is 67.7 cm³/mol. The highest BCUT2D eigenvalue weighted by Gasteiger charge is 2.32. The number of benzene rings is 1. The molecule has 0 radical (unpaired) electrons. The summed E-state index contributed by atoms with van der Waals surface area (Å²) in [6, 6.07) is 6.26. The van der Waals surface area contributed by atoms with Crippen LogP contribution >= 0.6 is 0 Å². The first-order chi connectivity index (χ1) is 8.65. The zero-order chi connectivity index (χ0) is 13.4. The van der Waals surface area contributed by atoms with Crippen LogP contribution in [0.2, 0.25) is 0 Å². The van der Waals surface area contributed by atoms with E-state index in [1.54, 1.807) is 12.1 Å². The molecule has 0 aromatic heterocycles. The number of ether oxygens (including phenoxy) is 3. The van der Waals surface area contributed by atoms with E-state index in [-0.39, 0.29) is 5.82 Å². The third kappa shape index (κ3) is 4.37. The molecule has 0 bridgehead atoms. The molecule has 1 rings (SSSR count). The maximum atomic E-state index is 12.9. The molecule has 18 heavy (non-hydrogen) atoms. The highest BCUT2D eigenvalue weighted by molar-refractivity contribution is 5.17. The summed E-state index contributed by atoms with van der Waals surface area (Å²) in [6.45, 7) is 7.12. The lowest BCUT2D eigenvalue weighted by atomic mass is 10.1. The topological polar surface area (TPSA) is 27.7 Å². The average Bonchev–Trinajstić information content (AvgIpc) is 2.33. The van der Waals surface area contributed by atoms with Crippen molar-refractivity contribution in [2.45, 2.75) is 33.2 Å². The minimum absolute atomic E-state index is 0.256. The molecule has 0 saturated carbocycles. The molecule has 0 spiro atoms. The Kier molecular flexibility index (Phi) is 6.25. The van der Waals surface area contributed by atoms with Crippen molar-refractivity contribution in [1.82, 2.24) is 0 Å². The molecule has 1 aromatic carbocycles. The second-order valence-corrected chi connectivity index (χ2v) is 3.79. The highest BCUT2D eigenvalue weighted by atomic mass is 19.1. The maximum Gasteiger partial charge on any atom is 0.287 e. The Morgan fingerprint density at radius 2 is 1.33 bits per heavy atom. The lowest BCUT2D eigenvalue weighted by Gasteiger charge is -2.32. The van der Waals surface area contributed by atoms with Gasteiger partial charge >= 0.3 is 0 Å². The van der Waals surface area contributed by atoms with Crippen molar-refractivity contribution in [3.63, 3.8) is 0 Å². The van der Waals surface area contributed by atoms with Crippen LogP contribution in [0.4, 0.5) is 4.39 Å². The van der Waals surface area contributed by atoms with Crippen LogP contribution < -0.4 is 0 Å². The summed E-state index contributed by atoms with van der Waals surface area (Å²) in [4.78, 5) is 0. The van der Waals surface area contributed by atoms with Gasteiger partial charge in [-0.3, -0.25) is 0 Å². The van der Waals surface area contributed by atoms with Crippen molar-refractivity contribution in [3.8, 4) is 0 Å². The number of hydrogen-bond acceptors (Lipinski definition) is 3. The molecule has 3 nitrogen and oxygen atoms in total. The Morgan fingerprint density at radius 1 is 0.889 bits per heavy atom. The molecular weight excluding hydrogens is 235 g/mol. The van der Waals surface area contributed by atoms with Crippen LogP contribution in [0.5, 0.6) is 0 Å². The van der Waals surface area contributed by atoms with Crippen LogP contribution in [0.15, 0.2) is 24.3 Å². The number of rotatable bonds is 8. The summed E-state index contributed by atoms with van der Waals surface area (Å²) in [6.07, 6.45) is 0.433. The Hall–Kier alpha value is -0.970. The van der Waals surface area contributed by atoms with Gasteiger partial charge in [-0.1, -0.05) is 12.1 Å². The van der Waals surface area contributed by atoms with Crippen molar-refractivity contribution in [3.05, 3.63) is 35.6 Å². The summed E-state index contributed by atoms with van der Waals surface area (Å²) in [5.74, 6) is -1.33. The van der Waals surface area contributed by atoms with E-state index in [0.29, 0.717) is 26.2 Å². The van der Waals surface area contributed by atoms with Crippen molar-refractivity contribution in [1.29, 1.82) is 0 Å². The Labute approximate surface area is 108 Å². The van der Waals surface area contributed by atoms with E-state index in [2.05, 4.69) is 0 Å². The van der Waals surface area contributed by atoms with Gasteiger partial charge in [0.1, 0.15) is 5.82 Å². The molecule has 0 atom stereocenters. The summed E-state index contributed by atoms with van der Waals surface area (Å²) in [7, 11) is 0. The summed E-state index contributed by atoms with van der Waals surface area (Å²) in [5.41, 5.74) is 0.909. The third-order valence-electron chi connectivity index (χ3n) is 2.43. The molecule has 0 amide bonds. The molecule has 0 fully saturated rings. The first-order valence-electron chi connectivity index (χ1n) is 6.32. The smallest absolute Gasteiger partial charge is 0.287 e. The Morgan fingerprint density at radius 3 is 1.72 bits per heavy atom. The van der Waals surface area contributed by atoms with Gasteiger partial charge in [-0.05, 0) is 38.5 Å². The highest BCUT2D eigenvalue weighted by Crippen LogP contribution is 2.22. The van der Waals surface area contributed by atoms with Gasteiger partial charge in [-0.15, -0.1) is 0 Å². The molecule has 0 aliphatic rings. The van der Waals surface area contributed by atoms with Crippen LogP contribution in [0.25, 0.3) is 0 Å². The average molecular weight is 256 g/mol. The largest absolute Gasteiger partial charge is 0.327 e. The molecule has 102 valence electrons. The van der Waals surface area contributed by atoms with Crippen LogP contribution in [-0.4, -0.2) is 25.8 Å². The molecule has 0 heterocycles. The quantitative estimate of drug-likeness (QED) is 0.669. The number of halogens is 1. The van der Waals surface area contributed by atoms with Gasteiger partial charge in [0.05, 0.1) is 6.42 Å². The van der Waals surface area contributed by atoms with Crippen LogP contribution in [0, 0.1) is 5.82 Å². The third-order valence-corrected chi connectivity index (χ3v) is 2.43. The summed E-state index contributed by atoms with van der Waals surface area (Å²) >= 11 is 0. The van der Waals surface area contributed by atoms with Crippen molar-refractivity contribution in [2.24, 2.45) is 0 Å². The van der Waals surface area contributed by atoms with Gasteiger partial charge in [-0.2, -0.15) is 0 Å². The fourth-order valence-corrected chi connectivity index (χ4v) is 1.79. The fourth-order valence-electron chi connectivity index (χ4n) is 1.79. The van der Waals surface area contributed by atoms with E-state index in [9.17, 15) is 4.39 Å². The lowest BCUT2D eigenvalue weighted by molar-refractivity contribution is -0.376. The minimum Gasteiger partial charge on any atom is -0.327 e. The molecule has 0 saturated heterocycles. The van der Waals surface area contributed by atoms with E-state index in [0.717, 1.165) is 5.56 Å². The van der Waals surface area contributed by atoms with E-state index in [1.165, 1.54) is 12.1 Å². The van der Waals surface area contributed by atoms with Gasteiger partial charge in [0.25, 0.3) is 5.97 Å². The maximum absolute atomic E-state index is 12.9. The predicted octanol–water partition coefficient (Wildman–Crippen LogP) is 3.13. The van der Waals surface area contributed by atoms with Crippen molar-refractivity contribution in [2.75, 3.05) is 19.8 Å². The van der Waals surface area contributed by atoms with Gasteiger partial charge in [0, 0.05) is 19.8 Å². The van der Waals surface area contributed by atoms with Crippen molar-refractivity contribution < 1.29 is 18.6 Å². The van der Waals surface area contributed by atoms with E-state index in [4.69, 9.17) is 14.2 Å². The Bertz CT molecular complexity index is 320. The van der Waals surface area contributed by atoms with Gasteiger partial charge in [0.2, 0.25) is 0 Å². The summed E-state index contributed by atoms with van der Waals surface area (Å²) in [5, 5.41) is 0. The molecular formula is C14H21FO3. The van der Waals surface area contributed by atoms with Crippen LogP contribution in [0.3, 0.4) is 0 Å². The lowest BCUT2D eigenvalue weighted by Crippen LogP contribution is -2.41. The Balaban J connectivity index is 2.84. The molecule has 1 aromatic rings. The molecule has 0 unspecified atom stereocenters. The van der Waals surface area contributed by atoms with Gasteiger partial charge < -0.3 is 14.2 Å². The van der Waals surface area contributed by atoms with E-state index in [1.807, 2.05) is 20.8 Å². The van der Waals surface area contributed by atoms with Crippen molar-refractivity contribution >= 4 is 0 Å². The fraction of sp³-hybridized carbons (Fsp3) is 0.571. The second kappa shape index (κ2) is 7.46. The molecule has 0 aliphatic heterocycles. The summed E-state index contributed by atoms with van der Waals surface area (Å²) < 4.78 is 29.7. The zero-order valence-corrected chi connectivity index (χ0v) is 11.2. The van der Waals surface area contributed by atoms with E-state index < -0.39 is 5.97 Å². The monoisotopic (exact) mass is 256 g/mol. The first kappa shape index (κ1) is 15.1. The molecule has 4 heteroatoms. The van der Waals surface area contributed by atoms with Gasteiger partial charge in [0.15, 0.2) is 0 Å². The SMILES string of the molecule is CCOC(Cc1ccc(F)cc1)(OCC)OCC. The molecule has 0 N–H and O–H groups in total. The number of hydrogen-bond donors (Lipinski definition) is 0. The van der Waals surface area contributed by atoms with Gasteiger partial charge in [-0.25, -0.2) is 4.39 Å². The standard InChI is InChI=1S/C14H21FO3/c1-4-16-14(17-5-2,18-6-3)11-12-7-9-13(15)10-8-12/h7-10H,4-6,11H2,1-3H3. The molecule has 0 aliphatic carbocycles. The normalized spacial score (nSPS) is 11.8. The second-order valence-electron chi connectivity index (χ2n) is 3.79. The zero-order valence-electron chi connectivity index (χ0n) is 11.2.